The third kappa shape index (κ3) is 3.78. The molecule has 1 heterocycles. The summed E-state index contributed by atoms with van der Waals surface area (Å²) in [7, 11) is 0. The van der Waals surface area contributed by atoms with Crippen molar-refractivity contribution >= 4 is 11.6 Å². The Balaban J connectivity index is 2.04. The minimum atomic E-state index is 0.872. The first-order chi connectivity index (χ1) is 5.43. The number of ether oxygens (including phenoxy) is 1. The molecular weight excluding hydrogens is 160 g/mol. The second-order valence-electron chi connectivity index (χ2n) is 2.99. The van der Waals surface area contributed by atoms with Gasteiger partial charge in [0.2, 0.25) is 0 Å². The number of allylic oxidation sites excluding steroid dienone is 1. The Bertz CT molecular complexity index is 117. The number of hydrogen-bond acceptors (Lipinski definition) is 1. The van der Waals surface area contributed by atoms with Gasteiger partial charge in [0.15, 0.2) is 0 Å². The Morgan fingerprint density at radius 1 is 1.36 bits per heavy atom. The average molecular weight is 175 g/mol. The molecule has 64 valence electrons. The molecule has 0 amide bonds. The maximum absolute atomic E-state index is 5.41. The summed E-state index contributed by atoms with van der Waals surface area (Å²) in [5, 5.41) is 0. The Morgan fingerprint density at radius 2 is 2.09 bits per heavy atom. The lowest BCUT2D eigenvalue weighted by Crippen LogP contribution is -2.15. The predicted octanol–water partition coefficient (Wildman–Crippen LogP) is 2.95. The van der Waals surface area contributed by atoms with Crippen molar-refractivity contribution in [2.75, 3.05) is 13.2 Å². The highest BCUT2D eigenvalue weighted by molar-refractivity contribution is 6.25. The first kappa shape index (κ1) is 9.08. The molecule has 0 atom stereocenters. The SMILES string of the molecule is ClC=CCCC1CCOCC1. The quantitative estimate of drug-likeness (QED) is 0.640. The minimum absolute atomic E-state index is 0.872. The van der Waals surface area contributed by atoms with Gasteiger partial charge in [-0.25, -0.2) is 0 Å². The fourth-order valence-electron chi connectivity index (χ4n) is 1.43. The predicted molar refractivity (Wildman–Crippen MR) is 47.8 cm³/mol. The Kier molecular flexibility index (Phi) is 4.64. The second kappa shape index (κ2) is 5.62. The van der Waals surface area contributed by atoms with Crippen LogP contribution in [0, 0.1) is 5.92 Å². The largest absolute Gasteiger partial charge is 0.381 e. The van der Waals surface area contributed by atoms with Crippen molar-refractivity contribution in [3.05, 3.63) is 11.6 Å². The average Bonchev–Trinajstić information content (AvgIpc) is 2.07. The van der Waals surface area contributed by atoms with Crippen molar-refractivity contribution in [1.29, 1.82) is 0 Å². The normalized spacial score (nSPS) is 21.2. The van der Waals surface area contributed by atoms with E-state index >= 15 is 0 Å². The summed E-state index contributed by atoms with van der Waals surface area (Å²) in [5.74, 6) is 0.872. The lowest BCUT2D eigenvalue weighted by molar-refractivity contribution is 0.0642. The van der Waals surface area contributed by atoms with E-state index in [9.17, 15) is 0 Å². The fourth-order valence-corrected chi connectivity index (χ4v) is 1.56. The van der Waals surface area contributed by atoms with Crippen molar-refractivity contribution in [3.63, 3.8) is 0 Å². The molecule has 0 unspecified atom stereocenters. The summed E-state index contributed by atoms with van der Waals surface area (Å²) in [4.78, 5) is 0. The smallest absolute Gasteiger partial charge is 0.0468 e. The van der Waals surface area contributed by atoms with Gasteiger partial charge in [0.05, 0.1) is 0 Å². The van der Waals surface area contributed by atoms with E-state index < -0.39 is 0 Å². The van der Waals surface area contributed by atoms with Crippen molar-refractivity contribution in [1.82, 2.24) is 0 Å². The monoisotopic (exact) mass is 174 g/mol. The number of rotatable bonds is 3. The summed E-state index contributed by atoms with van der Waals surface area (Å²) < 4.78 is 5.26. The van der Waals surface area contributed by atoms with Gasteiger partial charge in [-0.2, -0.15) is 0 Å². The summed E-state index contributed by atoms with van der Waals surface area (Å²) >= 11 is 5.41. The van der Waals surface area contributed by atoms with E-state index in [1.165, 1.54) is 19.3 Å². The summed E-state index contributed by atoms with van der Waals surface area (Å²) in [6.07, 6.45) is 6.88. The van der Waals surface area contributed by atoms with Crippen LogP contribution >= 0.6 is 11.6 Å². The standard InChI is InChI=1S/C9H15ClO/c10-6-2-1-3-9-4-7-11-8-5-9/h2,6,9H,1,3-5,7-8H2. The zero-order valence-corrected chi connectivity index (χ0v) is 7.52. The van der Waals surface area contributed by atoms with Crippen LogP contribution in [0.5, 0.6) is 0 Å². The fraction of sp³-hybridized carbons (Fsp3) is 0.778. The second-order valence-corrected chi connectivity index (χ2v) is 3.25. The van der Waals surface area contributed by atoms with E-state index in [0.29, 0.717) is 0 Å². The molecule has 1 saturated heterocycles. The van der Waals surface area contributed by atoms with E-state index in [2.05, 4.69) is 0 Å². The van der Waals surface area contributed by atoms with Crippen LogP contribution < -0.4 is 0 Å². The number of hydrogen-bond donors (Lipinski definition) is 0. The Labute approximate surface area is 73.4 Å². The van der Waals surface area contributed by atoms with Crippen LogP contribution in [0.3, 0.4) is 0 Å². The van der Waals surface area contributed by atoms with E-state index in [1.54, 1.807) is 5.54 Å². The molecule has 0 saturated carbocycles. The maximum atomic E-state index is 5.41. The molecule has 1 nitrogen and oxygen atoms in total. The molecule has 1 fully saturated rings. The van der Waals surface area contributed by atoms with E-state index in [4.69, 9.17) is 16.3 Å². The third-order valence-electron chi connectivity index (χ3n) is 2.17. The highest BCUT2D eigenvalue weighted by Crippen LogP contribution is 2.19. The molecule has 0 N–H and O–H groups in total. The highest BCUT2D eigenvalue weighted by atomic mass is 35.5. The van der Waals surface area contributed by atoms with Gasteiger partial charge in [0.1, 0.15) is 0 Å². The van der Waals surface area contributed by atoms with E-state index in [0.717, 1.165) is 25.6 Å². The van der Waals surface area contributed by atoms with E-state index in [1.807, 2.05) is 6.08 Å². The van der Waals surface area contributed by atoms with Gasteiger partial charge < -0.3 is 4.74 Å². The molecule has 0 spiro atoms. The molecule has 1 aliphatic rings. The van der Waals surface area contributed by atoms with Gasteiger partial charge in [-0.05, 0) is 31.6 Å². The molecule has 0 aliphatic carbocycles. The molecule has 1 rings (SSSR count). The van der Waals surface area contributed by atoms with Crippen LogP contribution in [0.4, 0.5) is 0 Å². The maximum Gasteiger partial charge on any atom is 0.0468 e. The Morgan fingerprint density at radius 3 is 2.73 bits per heavy atom. The molecule has 0 aromatic heterocycles. The third-order valence-corrected chi connectivity index (χ3v) is 2.35. The topological polar surface area (TPSA) is 9.23 Å². The van der Waals surface area contributed by atoms with Gasteiger partial charge in [0.25, 0.3) is 0 Å². The van der Waals surface area contributed by atoms with Gasteiger partial charge in [-0.1, -0.05) is 17.7 Å². The molecule has 0 aromatic rings. The minimum Gasteiger partial charge on any atom is -0.381 e. The van der Waals surface area contributed by atoms with Gasteiger partial charge in [-0.3, -0.25) is 0 Å². The van der Waals surface area contributed by atoms with Crippen molar-refractivity contribution in [2.24, 2.45) is 5.92 Å². The van der Waals surface area contributed by atoms with Crippen LogP contribution in [-0.4, -0.2) is 13.2 Å². The molecule has 1 aliphatic heterocycles. The molecule has 0 aromatic carbocycles. The molecule has 2 heteroatoms. The first-order valence-electron chi connectivity index (χ1n) is 4.26. The van der Waals surface area contributed by atoms with Crippen LogP contribution in [0.2, 0.25) is 0 Å². The molecule has 11 heavy (non-hydrogen) atoms. The number of halogens is 1. The van der Waals surface area contributed by atoms with Crippen molar-refractivity contribution in [2.45, 2.75) is 25.7 Å². The van der Waals surface area contributed by atoms with Crippen LogP contribution in [0.25, 0.3) is 0 Å². The molecular formula is C9H15ClO. The van der Waals surface area contributed by atoms with Crippen LogP contribution in [0.15, 0.2) is 11.6 Å². The van der Waals surface area contributed by atoms with Gasteiger partial charge in [0, 0.05) is 18.7 Å². The van der Waals surface area contributed by atoms with Crippen molar-refractivity contribution < 1.29 is 4.74 Å². The zero-order valence-electron chi connectivity index (χ0n) is 6.76. The lowest BCUT2D eigenvalue weighted by atomic mass is 9.95. The van der Waals surface area contributed by atoms with Crippen LogP contribution in [-0.2, 0) is 4.74 Å². The molecule has 0 radical (unpaired) electrons. The highest BCUT2D eigenvalue weighted by Gasteiger charge is 2.11. The van der Waals surface area contributed by atoms with Crippen LogP contribution in [0.1, 0.15) is 25.7 Å². The van der Waals surface area contributed by atoms with Gasteiger partial charge >= 0.3 is 0 Å². The summed E-state index contributed by atoms with van der Waals surface area (Å²) in [6.45, 7) is 1.91. The zero-order chi connectivity index (χ0) is 7.94. The summed E-state index contributed by atoms with van der Waals surface area (Å²) in [6, 6.07) is 0. The first-order valence-corrected chi connectivity index (χ1v) is 4.70. The van der Waals surface area contributed by atoms with Gasteiger partial charge in [-0.15, -0.1) is 0 Å². The Hall–Kier alpha value is -0.0100. The molecule has 0 bridgehead atoms. The van der Waals surface area contributed by atoms with Crippen molar-refractivity contribution in [3.8, 4) is 0 Å². The summed E-state index contributed by atoms with van der Waals surface area (Å²) in [5.41, 5.74) is 1.61. The van der Waals surface area contributed by atoms with E-state index in [-0.39, 0.29) is 0 Å². The lowest BCUT2D eigenvalue weighted by Gasteiger charge is -2.20.